The Morgan fingerprint density at radius 1 is 1.40 bits per heavy atom. The van der Waals surface area contributed by atoms with Crippen molar-refractivity contribution in [1.29, 1.82) is 0 Å². The number of fused-ring (bicyclic) bond motifs is 2. The SMILES string of the molecule is O=C(O)CCNC(=O)N1CC2CCC1C2. The molecular formula is C10H16N2O3. The van der Waals surface area contributed by atoms with Gasteiger partial charge in [-0.2, -0.15) is 0 Å². The summed E-state index contributed by atoms with van der Waals surface area (Å²) < 4.78 is 0. The molecule has 2 N–H and O–H groups in total. The second kappa shape index (κ2) is 4.08. The average molecular weight is 212 g/mol. The van der Waals surface area contributed by atoms with Crippen LogP contribution in [0.15, 0.2) is 0 Å². The van der Waals surface area contributed by atoms with E-state index in [-0.39, 0.29) is 19.0 Å². The standard InChI is InChI=1S/C10H16N2O3/c13-9(14)3-4-11-10(15)12-6-7-1-2-8(12)5-7/h7-8H,1-6H2,(H,11,15)(H,13,14). The van der Waals surface area contributed by atoms with E-state index in [4.69, 9.17) is 5.11 Å². The first-order chi connectivity index (χ1) is 7.16. The molecule has 5 nitrogen and oxygen atoms in total. The van der Waals surface area contributed by atoms with Gasteiger partial charge in [0.05, 0.1) is 6.42 Å². The van der Waals surface area contributed by atoms with Gasteiger partial charge in [0.15, 0.2) is 0 Å². The highest BCUT2D eigenvalue weighted by Gasteiger charge is 2.40. The van der Waals surface area contributed by atoms with Crippen LogP contribution in [0, 0.1) is 5.92 Å². The third-order valence-corrected chi connectivity index (χ3v) is 3.29. The quantitative estimate of drug-likeness (QED) is 0.721. The normalized spacial score (nSPS) is 28.1. The van der Waals surface area contributed by atoms with Crippen molar-refractivity contribution in [3.63, 3.8) is 0 Å². The first-order valence-corrected chi connectivity index (χ1v) is 5.43. The van der Waals surface area contributed by atoms with Crippen molar-refractivity contribution in [2.75, 3.05) is 13.1 Å². The summed E-state index contributed by atoms with van der Waals surface area (Å²) in [5, 5.41) is 11.1. The molecule has 0 aromatic rings. The lowest BCUT2D eigenvalue weighted by atomic mass is 10.1. The molecule has 0 radical (unpaired) electrons. The lowest BCUT2D eigenvalue weighted by Crippen LogP contribution is -2.44. The summed E-state index contributed by atoms with van der Waals surface area (Å²) in [6.45, 7) is 1.08. The highest BCUT2D eigenvalue weighted by molar-refractivity contribution is 5.76. The number of likely N-dealkylation sites (tertiary alicyclic amines) is 1. The molecule has 0 aromatic heterocycles. The van der Waals surface area contributed by atoms with Gasteiger partial charge in [0, 0.05) is 19.1 Å². The van der Waals surface area contributed by atoms with E-state index in [9.17, 15) is 9.59 Å². The van der Waals surface area contributed by atoms with Crippen LogP contribution in [0.5, 0.6) is 0 Å². The zero-order valence-electron chi connectivity index (χ0n) is 8.61. The van der Waals surface area contributed by atoms with Crippen LogP contribution in [0.3, 0.4) is 0 Å². The lowest BCUT2D eigenvalue weighted by molar-refractivity contribution is -0.136. The average Bonchev–Trinajstić information content (AvgIpc) is 2.77. The number of piperidine rings is 1. The minimum atomic E-state index is -0.877. The number of urea groups is 1. The van der Waals surface area contributed by atoms with Crippen LogP contribution >= 0.6 is 0 Å². The predicted molar refractivity (Wildman–Crippen MR) is 53.5 cm³/mol. The van der Waals surface area contributed by atoms with Crippen molar-refractivity contribution in [3.05, 3.63) is 0 Å². The number of nitrogens with zero attached hydrogens (tertiary/aromatic N) is 1. The number of rotatable bonds is 3. The predicted octanol–water partition coefficient (Wildman–Crippen LogP) is 0.655. The third-order valence-electron chi connectivity index (χ3n) is 3.29. The number of carbonyl (C=O) groups excluding carboxylic acids is 1. The Morgan fingerprint density at radius 2 is 2.20 bits per heavy atom. The topological polar surface area (TPSA) is 69.6 Å². The van der Waals surface area contributed by atoms with Crippen LogP contribution in [0.4, 0.5) is 4.79 Å². The summed E-state index contributed by atoms with van der Waals surface area (Å²) >= 11 is 0. The fourth-order valence-corrected chi connectivity index (χ4v) is 2.55. The summed E-state index contributed by atoms with van der Waals surface area (Å²) in [5.74, 6) is -0.196. The summed E-state index contributed by atoms with van der Waals surface area (Å²) in [6.07, 6.45) is 3.47. The summed E-state index contributed by atoms with van der Waals surface area (Å²) in [6, 6.07) is 0.309. The van der Waals surface area contributed by atoms with E-state index in [0.29, 0.717) is 12.0 Å². The minimum absolute atomic E-state index is 0.00627. The Balaban J connectivity index is 1.74. The van der Waals surface area contributed by atoms with E-state index in [1.165, 1.54) is 6.42 Å². The van der Waals surface area contributed by atoms with Crippen molar-refractivity contribution in [3.8, 4) is 0 Å². The summed E-state index contributed by atoms with van der Waals surface area (Å²) in [5.41, 5.74) is 0. The van der Waals surface area contributed by atoms with E-state index in [0.717, 1.165) is 19.4 Å². The Kier molecular flexibility index (Phi) is 2.79. The fraction of sp³-hybridized carbons (Fsp3) is 0.800. The van der Waals surface area contributed by atoms with Crippen molar-refractivity contribution in [1.82, 2.24) is 10.2 Å². The number of nitrogens with one attached hydrogen (secondary N) is 1. The van der Waals surface area contributed by atoms with Crippen molar-refractivity contribution in [2.45, 2.75) is 31.7 Å². The van der Waals surface area contributed by atoms with Gasteiger partial charge < -0.3 is 15.3 Å². The van der Waals surface area contributed by atoms with Crippen LogP contribution < -0.4 is 5.32 Å². The molecule has 2 atom stereocenters. The fourth-order valence-electron chi connectivity index (χ4n) is 2.55. The zero-order chi connectivity index (χ0) is 10.8. The van der Waals surface area contributed by atoms with E-state index >= 15 is 0 Å². The third kappa shape index (κ3) is 2.22. The van der Waals surface area contributed by atoms with E-state index in [1.54, 1.807) is 0 Å². The molecule has 0 aromatic carbocycles. The van der Waals surface area contributed by atoms with Gasteiger partial charge >= 0.3 is 12.0 Å². The van der Waals surface area contributed by atoms with Crippen molar-refractivity contribution in [2.24, 2.45) is 5.92 Å². The maximum atomic E-state index is 11.6. The molecule has 1 aliphatic heterocycles. The maximum absolute atomic E-state index is 11.6. The largest absolute Gasteiger partial charge is 0.481 e. The number of aliphatic carboxylic acids is 1. The molecule has 2 aliphatic rings. The van der Waals surface area contributed by atoms with Gasteiger partial charge in [-0.3, -0.25) is 4.79 Å². The highest BCUT2D eigenvalue weighted by atomic mass is 16.4. The van der Waals surface area contributed by atoms with Crippen molar-refractivity contribution >= 4 is 12.0 Å². The van der Waals surface area contributed by atoms with Gasteiger partial charge in [-0.15, -0.1) is 0 Å². The molecule has 1 aliphatic carbocycles. The van der Waals surface area contributed by atoms with Crippen LogP contribution in [-0.2, 0) is 4.79 Å². The molecule has 0 spiro atoms. The molecule has 15 heavy (non-hydrogen) atoms. The Labute approximate surface area is 88.4 Å². The Hall–Kier alpha value is -1.26. The molecule has 2 bridgehead atoms. The second-order valence-electron chi connectivity index (χ2n) is 4.36. The molecule has 2 amide bonds. The van der Waals surface area contributed by atoms with Crippen molar-refractivity contribution < 1.29 is 14.7 Å². The molecule has 84 valence electrons. The molecule has 1 heterocycles. The number of amides is 2. The molecule has 5 heteroatoms. The van der Waals surface area contributed by atoms with Gasteiger partial charge in [-0.05, 0) is 25.2 Å². The molecule has 2 rings (SSSR count). The smallest absolute Gasteiger partial charge is 0.317 e. The zero-order valence-corrected chi connectivity index (χ0v) is 8.61. The molecule has 2 fully saturated rings. The number of carboxylic acid groups (broad SMARTS) is 1. The monoisotopic (exact) mass is 212 g/mol. The maximum Gasteiger partial charge on any atom is 0.317 e. The minimum Gasteiger partial charge on any atom is -0.481 e. The number of hydrogen-bond donors (Lipinski definition) is 2. The van der Waals surface area contributed by atoms with Crippen LogP contribution in [0.25, 0.3) is 0 Å². The van der Waals surface area contributed by atoms with Crippen LogP contribution in [-0.4, -0.2) is 41.1 Å². The molecular weight excluding hydrogens is 196 g/mol. The van der Waals surface area contributed by atoms with E-state index in [1.807, 2.05) is 4.90 Å². The van der Waals surface area contributed by atoms with Gasteiger partial charge in [0.2, 0.25) is 0 Å². The summed E-state index contributed by atoms with van der Waals surface area (Å²) in [4.78, 5) is 23.8. The van der Waals surface area contributed by atoms with Crippen LogP contribution in [0.1, 0.15) is 25.7 Å². The Bertz CT molecular complexity index is 280. The van der Waals surface area contributed by atoms with E-state index in [2.05, 4.69) is 5.32 Å². The lowest BCUT2D eigenvalue weighted by Gasteiger charge is -2.26. The first kappa shape index (κ1) is 10.3. The number of hydrogen-bond acceptors (Lipinski definition) is 2. The Morgan fingerprint density at radius 3 is 2.73 bits per heavy atom. The van der Waals surface area contributed by atoms with Gasteiger partial charge in [-0.1, -0.05) is 0 Å². The highest BCUT2D eigenvalue weighted by Crippen LogP contribution is 2.37. The van der Waals surface area contributed by atoms with Gasteiger partial charge in [0.1, 0.15) is 0 Å². The van der Waals surface area contributed by atoms with Gasteiger partial charge in [-0.25, -0.2) is 4.79 Å². The molecule has 1 saturated carbocycles. The number of carbonyl (C=O) groups is 2. The van der Waals surface area contributed by atoms with E-state index < -0.39 is 5.97 Å². The summed E-state index contributed by atoms with van der Waals surface area (Å²) in [7, 11) is 0. The first-order valence-electron chi connectivity index (χ1n) is 5.43. The van der Waals surface area contributed by atoms with Gasteiger partial charge in [0.25, 0.3) is 0 Å². The molecule has 1 saturated heterocycles. The number of carboxylic acids is 1. The molecule has 2 unspecified atom stereocenters. The second-order valence-corrected chi connectivity index (χ2v) is 4.36. The van der Waals surface area contributed by atoms with Crippen LogP contribution in [0.2, 0.25) is 0 Å².